The van der Waals surface area contributed by atoms with E-state index in [4.69, 9.17) is 0 Å². The summed E-state index contributed by atoms with van der Waals surface area (Å²) >= 11 is 3.43. The van der Waals surface area contributed by atoms with Gasteiger partial charge in [-0.15, -0.1) is 0 Å². The van der Waals surface area contributed by atoms with Gasteiger partial charge in [0.25, 0.3) is 5.91 Å². The number of carbonyl (C=O) groups excluding carboxylic acids is 1. The van der Waals surface area contributed by atoms with E-state index >= 15 is 0 Å². The molecule has 1 amide bonds. The summed E-state index contributed by atoms with van der Waals surface area (Å²) < 4.78 is 0.873. The second-order valence-electron chi connectivity index (χ2n) is 4.00. The third-order valence-electron chi connectivity index (χ3n) is 2.28. The molecule has 1 aromatic rings. The number of hydrogen-bond acceptors (Lipinski definition) is 2. The summed E-state index contributed by atoms with van der Waals surface area (Å²) in [5, 5.41) is 2.89. The van der Waals surface area contributed by atoms with Crippen LogP contribution < -0.4 is 5.32 Å². The molecule has 0 atom stereocenters. The van der Waals surface area contributed by atoms with Crippen LogP contribution in [0.2, 0.25) is 0 Å². The number of likely N-dealkylation sites (N-methyl/N-ethyl adjacent to an activating group) is 1. The molecule has 0 heterocycles. The van der Waals surface area contributed by atoms with Crippen molar-refractivity contribution in [2.75, 3.05) is 27.2 Å². The van der Waals surface area contributed by atoms with Crippen molar-refractivity contribution in [3.63, 3.8) is 0 Å². The van der Waals surface area contributed by atoms with Gasteiger partial charge in [0.1, 0.15) is 0 Å². The Morgan fingerprint density at radius 3 is 2.75 bits per heavy atom. The zero-order valence-corrected chi connectivity index (χ0v) is 11.5. The Labute approximate surface area is 105 Å². The third-order valence-corrected chi connectivity index (χ3v) is 3.33. The molecule has 0 fully saturated rings. The number of amides is 1. The smallest absolute Gasteiger partial charge is 0.252 e. The largest absolute Gasteiger partial charge is 0.351 e. The molecule has 0 saturated heterocycles. The fourth-order valence-electron chi connectivity index (χ4n) is 1.31. The summed E-state index contributed by atoms with van der Waals surface area (Å²) in [5.74, 6) is -0.0302. The zero-order chi connectivity index (χ0) is 12.1. The highest BCUT2D eigenvalue weighted by Gasteiger charge is 2.10. The fourth-order valence-corrected chi connectivity index (χ4v) is 1.76. The molecule has 0 aliphatic heterocycles. The highest BCUT2D eigenvalue weighted by molar-refractivity contribution is 9.10. The van der Waals surface area contributed by atoms with Gasteiger partial charge in [-0.2, -0.15) is 0 Å². The van der Waals surface area contributed by atoms with Crippen molar-refractivity contribution in [2.45, 2.75) is 6.92 Å². The molecule has 0 radical (unpaired) electrons. The molecule has 0 aliphatic rings. The van der Waals surface area contributed by atoms with Crippen LogP contribution in [-0.4, -0.2) is 38.0 Å². The van der Waals surface area contributed by atoms with Gasteiger partial charge in [-0.25, -0.2) is 0 Å². The predicted octanol–water partition coefficient (Wildman–Crippen LogP) is 2.05. The molecule has 88 valence electrons. The van der Waals surface area contributed by atoms with Crippen molar-refractivity contribution in [1.82, 2.24) is 10.2 Å². The van der Waals surface area contributed by atoms with Gasteiger partial charge >= 0.3 is 0 Å². The lowest BCUT2D eigenvalue weighted by molar-refractivity contribution is 0.0950. The van der Waals surface area contributed by atoms with Crippen molar-refractivity contribution >= 4 is 21.8 Å². The number of hydrogen-bond donors (Lipinski definition) is 1. The first kappa shape index (κ1) is 13.2. The quantitative estimate of drug-likeness (QED) is 0.918. The van der Waals surface area contributed by atoms with Gasteiger partial charge < -0.3 is 10.2 Å². The van der Waals surface area contributed by atoms with Crippen molar-refractivity contribution in [2.24, 2.45) is 0 Å². The van der Waals surface area contributed by atoms with Crippen LogP contribution in [0.4, 0.5) is 0 Å². The van der Waals surface area contributed by atoms with E-state index in [1.165, 1.54) is 0 Å². The highest BCUT2D eigenvalue weighted by atomic mass is 79.9. The summed E-state index contributed by atoms with van der Waals surface area (Å²) in [7, 11) is 3.96. The normalized spacial score (nSPS) is 10.6. The Kier molecular flexibility index (Phi) is 4.96. The van der Waals surface area contributed by atoms with Gasteiger partial charge in [0.15, 0.2) is 0 Å². The van der Waals surface area contributed by atoms with Gasteiger partial charge in [-0.3, -0.25) is 4.79 Å². The van der Waals surface area contributed by atoms with E-state index in [0.29, 0.717) is 12.1 Å². The number of halogens is 1. The van der Waals surface area contributed by atoms with Crippen molar-refractivity contribution in [3.05, 3.63) is 33.8 Å². The Hall–Kier alpha value is -0.870. The third kappa shape index (κ3) is 3.61. The molecular weight excluding hydrogens is 268 g/mol. The zero-order valence-electron chi connectivity index (χ0n) is 9.88. The van der Waals surface area contributed by atoms with Crippen LogP contribution in [0.15, 0.2) is 22.7 Å². The molecule has 3 nitrogen and oxygen atoms in total. The van der Waals surface area contributed by atoms with Crippen LogP contribution in [0.5, 0.6) is 0 Å². The van der Waals surface area contributed by atoms with E-state index in [9.17, 15) is 4.79 Å². The first-order valence-electron chi connectivity index (χ1n) is 5.20. The Balaban J connectivity index is 2.63. The maximum atomic E-state index is 11.8. The summed E-state index contributed by atoms with van der Waals surface area (Å²) in [5.41, 5.74) is 1.76. The van der Waals surface area contributed by atoms with Crippen LogP contribution >= 0.6 is 15.9 Å². The highest BCUT2D eigenvalue weighted by Crippen LogP contribution is 2.20. The fraction of sp³-hybridized carbons (Fsp3) is 0.417. The lowest BCUT2D eigenvalue weighted by Crippen LogP contribution is -2.31. The van der Waals surface area contributed by atoms with Crippen LogP contribution in [0, 0.1) is 6.92 Å². The lowest BCUT2D eigenvalue weighted by Gasteiger charge is -2.11. The average Bonchev–Trinajstić information content (AvgIpc) is 2.21. The molecule has 16 heavy (non-hydrogen) atoms. The summed E-state index contributed by atoms with van der Waals surface area (Å²) in [6.45, 7) is 3.47. The van der Waals surface area contributed by atoms with Crippen molar-refractivity contribution in [1.29, 1.82) is 0 Å². The minimum Gasteiger partial charge on any atom is -0.351 e. The molecule has 0 bridgehead atoms. The number of benzene rings is 1. The molecule has 4 heteroatoms. The van der Waals surface area contributed by atoms with Gasteiger partial charge in [0.2, 0.25) is 0 Å². The average molecular weight is 285 g/mol. The number of nitrogens with one attached hydrogen (secondary N) is 1. The number of rotatable bonds is 4. The number of carbonyl (C=O) groups is 1. The standard InChI is InChI=1S/C12H17BrN2O/c1-9-5-4-6-10(11(9)13)12(16)14-7-8-15(2)3/h4-6H,7-8H2,1-3H3,(H,14,16). The van der Waals surface area contributed by atoms with E-state index in [0.717, 1.165) is 16.6 Å². The maximum Gasteiger partial charge on any atom is 0.252 e. The lowest BCUT2D eigenvalue weighted by atomic mass is 10.1. The molecule has 0 saturated carbocycles. The minimum atomic E-state index is -0.0302. The topological polar surface area (TPSA) is 32.3 Å². The molecule has 1 rings (SSSR count). The summed E-state index contributed by atoms with van der Waals surface area (Å²) in [6.07, 6.45) is 0. The Bertz CT molecular complexity index is 377. The van der Waals surface area contributed by atoms with Crippen molar-refractivity contribution < 1.29 is 4.79 Å². The first-order valence-corrected chi connectivity index (χ1v) is 5.99. The van der Waals surface area contributed by atoms with Crippen LogP contribution in [-0.2, 0) is 0 Å². The van der Waals surface area contributed by atoms with E-state index in [1.807, 2.05) is 44.1 Å². The Morgan fingerprint density at radius 2 is 2.12 bits per heavy atom. The van der Waals surface area contributed by atoms with Crippen LogP contribution in [0.1, 0.15) is 15.9 Å². The van der Waals surface area contributed by atoms with Gasteiger partial charge in [-0.1, -0.05) is 12.1 Å². The van der Waals surface area contributed by atoms with Gasteiger partial charge in [-0.05, 0) is 48.6 Å². The SMILES string of the molecule is Cc1cccc(C(=O)NCCN(C)C)c1Br. The summed E-state index contributed by atoms with van der Waals surface area (Å²) in [4.78, 5) is 13.9. The second-order valence-corrected chi connectivity index (χ2v) is 4.79. The van der Waals surface area contributed by atoms with Crippen LogP contribution in [0.3, 0.4) is 0 Å². The molecule has 0 unspecified atom stereocenters. The van der Waals surface area contributed by atoms with Gasteiger partial charge in [0.05, 0.1) is 5.56 Å². The molecule has 0 aromatic heterocycles. The van der Waals surface area contributed by atoms with E-state index < -0.39 is 0 Å². The van der Waals surface area contributed by atoms with E-state index in [1.54, 1.807) is 0 Å². The van der Waals surface area contributed by atoms with Crippen molar-refractivity contribution in [3.8, 4) is 0 Å². The van der Waals surface area contributed by atoms with Crippen LogP contribution in [0.25, 0.3) is 0 Å². The molecule has 0 spiro atoms. The van der Waals surface area contributed by atoms with E-state index in [2.05, 4.69) is 21.2 Å². The Morgan fingerprint density at radius 1 is 1.44 bits per heavy atom. The van der Waals surface area contributed by atoms with Gasteiger partial charge in [0, 0.05) is 17.6 Å². The monoisotopic (exact) mass is 284 g/mol. The molecular formula is C12H17BrN2O. The molecule has 0 aliphatic carbocycles. The molecule has 1 N–H and O–H groups in total. The first-order chi connectivity index (χ1) is 7.52. The maximum absolute atomic E-state index is 11.8. The number of aryl methyl sites for hydroxylation is 1. The minimum absolute atomic E-state index is 0.0302. The number of nitrogens with zero attached hydrogens (tertiary/aromatic N) is 1. The molecule has 1 aromatic carbocycles. The summed E-state index contributed by atoms with van der Waals surface area (Å²) in [6, 6.07) is 5.68. The van der Waals surface area contributed by atoms with E-state index in [-0.39, 0.29) is 5.91 Å². The predicted molar refractivity (Wildman–Crippen MR) is 69.8 cm³/mol. The second kappa shape index (κ2) is 6.01.